The smallest absolute Gasteiger partial charge is 0.780 e. The van der Waals surface area contributed by atoms with Crippen molar-refractivity contribution >= 4 is 36.4 Å². The van der Waals surface area contributed by atoms with Gasteiger partial charge in [0, 0.05) is 44.1 Å². The summed E-state index contributed by atoms with van der Waals surface area (Å²) in [6.07, 6.45) is 6.06. The Morgan fingerprint density at radius 2 is 1.72 bits per heavy atom. The third kappa shape index (κ3) is 9.90. The van der Waals surface area contributed by atoms with E-state index >= 15 is 0 Å². The van der Waals surface area contributed by atoms with Crippen LogP contribution in [0.5, 0.6) is 5.75 Å². The summed E-state index contributed by atoms with van der Waals surface area (Å²) < 4.78 is 17.6. The van der Waals surface area contributed by atoms with Crippen LogP contribution in [0.1, 0.15) is 36.0 Å². The number of benzene rings is 3. The van der Waals surface area contributed by atoms with Crippen molar-refractivity contribution in [3.8, 4) is 5.75 Å². The van der Waals surface area contributed by atoms with Gasteiger partial charge in [-0.3, -0.25) is 19.1 Å². The predicted molar refractivity (Wildman–Crippen MR) is 184 cm³/mol. The molecule has 3 heterocycles. The van der Waals surface area contributed by atoms with Crippen molar-refractivity contribution in [2.75, 3.05) is 19.6 Å². The van der Waals surface area contributed by atoms with Gasteiger partial charge in [-0.15, -0.1) is 6.58 Å². The van der Waals surface area contributed by atoms with Gasteiger partial charge in [-0.25, -0.2) is 10.0 Å². The quantitative estimate of drug-likeness (QED) is 0.0774. The number of aromatic nitrogens is 2. The van der Waals surface area contributed by atoms with Crippen LogP contribution in [0.15, 0.2) is 91.6 Å². The fourth-order valence-electron chi connectivity index (χ4n) is 7.10. The van der Waals surface area contributed by atoms with Crippen molar-refractivity contribution in [1.82, 2.24) is 29.6 Å². The number of hydrogen-bond acceptors (Lipinski definition) is 9. The summed E-state index contributed by atoms with van der Waals surface area (Å²) >= 11 is 0. The van der Waals surface area contributed by atoms with Crippen LogP contribution in [0.3, 0.4) is 0 Å². The van der Waals surface area contributed by atoms with E-state index in [1.165, 1.54) is 29.9 Å². The Balaban J connectivity index is 0.00000271. The summed E-state index contributed by atoms with van der Waals surface area (Å²) in [4.78, 5) is 68.2. The van der Waals surface area contributed by atoms with Crippen LogP contribution in [0, 0.1) is 5.92 Å². The molecule has 266 valence electrons. The number of carbonyl (C=O) groups is 3. The summed E-state index contributed by atoms with van der Waals surface area (Å²) in [6, 6.07) is 20.4. The van der Waals surface area contributed by atoms with Gasteiger partial charge in [-0.1, -0.05) is 66.7 Å². The number of phosphoric acid groups is 1. The largest absolute Gasteiger partial charge is 1.00 e. The molecule has 2 aliphatic heterocycles. The van der Waals surface area contributed by atoms with Gasteiger partial charge in [0.15, 0.2) is 0 Å². The Kier molecular flexibility index (Phi) is 13.9. The van der Waals surface area contributed by atoms with E-state index in [-0.39, 0.29) is 122 Å². The maximum atomic E-state index is 14.5. The molecule has 2 saturated heterocycles. The molecular weight excluding hydrogens is 717 g/mol. The summed E-state index contributed by atoms with van der Waals surface area (Å²) in [7, 11) is -5.26. The Bertz CT molecular complexity index is 1990. The van der Waals surface area contributed by atoms with Crippen LogP contribution >= 0.6 is 7.82 Å². The molecule has 0 unspecified atom stereocenters. The Morgan fingerprint density at radius 1 is 0.981 bits per heavy atom. The van der Waals surface area contributed by atoms with Gasteiger partial charge in [0.25, 0.3) is 0 Å². The molecule has 3 aliphatic rings. The number of hydrazine groups is 1. The first-order valence-corrected chi connectivity index (χ1v) is 18.6. The molecule has 16 heteroatoms. The molecule has 0 spiro atoms. The molecule has 1 aromatic heterocycles. The van der Waals surface area contributed by atoms with Crippen molar-refractivity contribution in [2.24, 2.45) is 5.92 Å². The number of amides is 3. The fraction of sp³-hybridized carbons (Fsp3) is 0.351. The van der Waals surface area contributed by atoms with Crippen LogP contribution in [-0.4, -0.2) is 79.2 Å². The minimum absolute atomic E-state index is 0. The van der Waals surface area contributed by atoms with E-state index in [0.717, 1.165) is 28.6 Å². The number of fused-ring (bicyclic) bond motifs is 2. The zero-order chi connectivity index (χ0) is 35.7. The third-order valence-electron chi connectivity index (χ3n) is 9.64. The molecule has 1 saturated carbocycles. The first kappa shape index (κ1) is 41.4. The average Bonchev–Trinajstić information content (AvgIpc) is 3.81. The van der Waals surface area contributed by atoms with Crippen LogP contribution < -0.4 is 73.4 Å². The van der Waals surface area contributed by atoms with E-state index in [9.17, 15) is 28.7 Å². The van der Waals surface area contributed by atoms with Crippen LogP contribution in [0.4, 0.5) is 0 Å². The number of aryl methyl sites for hydroxylation is 1. The van der Waals surface area contributed by atoms with E-state index in [1.807, 2.05) is 59.4 Å². The third-order valence-corrected chi connectivity index (χ3v) is 10.1. The van der Waals surface area contributed by atoms with Crippen molar-refractivity contribution in [3.05, 3.63) is 108 Å². The zero-order valence-corrected chi connectivity index (χ0v) is 35.0. The van der Waals surface area contributed by atoms with Crippen molar-refractivity contribution in [1.29, 1.82) is 0 Å². The van der Waals surface area contributed by atoms with Crippen LogP contribution in [0.2, 0.25) is 0 Å². The number of phosphoric ester groups is 1. The molecule has 13 nitrogen and oxygen atoms in total. The Labute approximate surface area is 352 Å². The fourth-order valence-corrected chi connectivity index (χ4v) is 7.48. The number of piperazine rings is 1. The minimum Gasteiger partial charge on any atom is -0.780 e. The van der Waals surface area contributed by atoms with E-state index < -0.39 is 20.0 Å². The molecule has 0 N–H and O–H groups in total. The molecule has 1 aliphatic carbocycles. The summed E-state index contributed by atoms with van der Waals surface area (Å²) in [6.45, 7) is 5.15. The van der Waals surface area contributed by atoms with Gasteiger partial charge in [-0.2, -0.15) is 5.10 Å². The molecule has 3 amide bonds. The average molecular weight is 757 g/mol. The molecule has 4 aromatic rings. The molecule has 0 radical (unpaired) electrons. The van der Waals surface area contributed by atoms with Gasteiger partial charge in [-0.05, 0) is 54.0 Å². The van der Waals surface area contributed by atoms with Crippen molar-refractivity contribution in [3.63, 3.8) is 0 Å². The second-order valence-electron chi connectivity index (χ2n) is 13.4. The zero-order valence-electron chi connectivity index (χ0n) is 30.1. The van der Waals surface area contributed by atoms with E-state index in [2.05, 4.69) is 11.1 Å². The summed E-state index contributed by atoms with van der Waals surface area (Å²) in [5.74, 6) is -0.284. The first-order chi connectivity index (χ1) is 24.6. The van der Waals surface area contributed by atoms with Gasteiger partial charge in [0.05, 0.1) is 18.6 Å². The Hall–Kier alpha value is -2.81. The van der Waals surface area contributed by atoms with Gasteiger partial charge >= 0.3 is 59.1 Å². The second kappa shape index (κ2) is 17.8. The maximum Gasteiger partial charge on any atom is 1.00 e. The molecule has 7 rings (SSSR count). The monoisotopic (exact) mass is 756 g/mol. The molecule has 3 fully saturated rings. The van der Waals surface area contributed by atoms with E-state index in [0.29, 0.717) is 17.9 Å². The minimum atomic E-state index is -5.26. The topological polar surface area (TPSA) is 154 Å². The molecule has 3 aromatic carbocycles. The number of rotatable bonds is 13. The van der Waals surface area contributed by atoms with Crippen molar-refractivity contribution in [2.45, 2.75) is 57.4 Å². The predicted octanol–water partition coefficient (Wildman–Crippen LogP) is -3.35. The first-order valence-electron chi connectivity index (χ1n) is 17.1. The second-order valence-corrected chi connectivity index (χ2v) is 14.5. The van der Waals surface area contributed by atoms with Crippen LogP contribution in [0.25, 0.3) is 10.9 Å². The van der Waals surface area contributed by atoms with Crippen molar-refractivity contribution < 1.29 is 92.4 Å². The molecule has 53 heavy (non-hydrogen) atoms. The van der Waals surface area contributed by atoms with Gasteiger partial charge in [0.2, 0.25) is 17.7 Å². The van der Waals surface area contributed by atoms with Crippen LogP contribution in [-0.2, 0) is 44.9 Å². The standard InChI is InChI=1S/C37H41N6O7P.2Na/c1-2-19-41-25-35(45)42-32(20-27-13-16-31(17-14-27)50-51(47,48)49)37(46)39(24-33(42)43(41)34(44)18-15-26-7-4-3-5-8-26)22-29-9-6-10-30-23-40(38-36(29)30)21-28-11-12-28;;/h2-10,13-14,16-17,23,28,32-33H,1,11-12,15,18-22,24-25H2,(H2,47,48,49);;/q;2*+1/p-2/t32-,33-;;/m0../s1. The van der Waals surface area contributed by atoms with Gasteiger partial charge in [0.1, 0.15) is 25.8 Å². The molecule has 0 bridgehead atoms. The molecular formula is C37H39N6Na2O7P. The van der Waals surface area contributed by atoms with E-state index in [4.69, 9.17) is 5.10 Å². The normalized spacial score (nSPS) is 19.0. The SMILES string of the molecule is C=CCN1CC(=O)N2[C@@H](Cc3ccc(OP(=O)([O-])[O-])cc3)C(=O)N(Cc3cccc4cn(CC5CC5)nc34)C[C@@H]2N1C(=O)CCc1ccccc1.[Na+].[Na+]. The Morgan fingerprint density at radius 3 is 2.40 bits per heavy atom. The number of hydrogen-bond donors (Lipinski definition) is 0. The maximum absolute atomic E-state index is 14.5. The molecule has 2 atom stereocenters. The summed E-state index contributed by atoms with van der Waals surface area (Å²) in [5, 5.41) is 9.18. The number of carbonyl (C=O) groups excluding carboxylic acids is 3. The number of nitrogens with zero attached hydrogens (tertiary/aromatic N) is 6. The van der Waals surface area contributed by atoms with E-state index in [1.54, 1.807) is 33.1 Å². The van der Waals surface area contributed by atoms with Gasteiger partial charge < -0.3 is 28.7 Å². The summed E-state index contributed by atoms with van der Waals surface area (Å²) in [5.41, 5.74) is 3.28.